The second kappa shape index (κ2) is 4.07. The fourth-order valence-corrected chi connectivity index (χ4v) is 1.04. The zero-order valence-electron chi connectivity index (χ0n) is 8.56. The number of ether oxygens (including phenoxy) is 1. The summed E-state index contributed by atoms with van der Waals surface area (Å²) >= 11 is 0. The molecular weight excluding hydrogens is 138 g/mol. The van der Waals surface area contributed by atoms with E-state index in [2.05, 4.69) is 33.0 Å². The Morgan fingerprint density at radius 1 is 1.27 bits per heavy atom. The molecule has 0 aliphatic rings. The van der Waals surface area contributed by atoms with Crippen LogP contribution >= 0.6 is 0 Å². The van der Waals surface area contributed by atoms with Gasteiger partial charge in [0.25, 0.3) is 0 Å². The van der Waals surface area contributed by atoms with Crippen molar-refractivity contribution in [2.45, 2.75) is 39.3 Å². The monoisotopic (exact) mass is 159 g/mol. The zero-order chi connectivity index (χ0) is 9.07. The summed E-state index contributed by atoms with van der Waals surface area (Å²) in [5.74, 6) is 0.512. The molecule has 0 amide bonds. The van der Waals surface area contributed by atoms with Gasteiger partial charge >= 0.3 is 0 Å². The minimum atomic E-state index is -0.0393. The van der Waals surface area contributed by atoms with Crippen LogP contribution in [0, 0.1) is 5.92 Å². The first-order valence-electron chi connectivity index (χ1n) is 4.18. The maximum atomic E-state index is 5.38. The van der Waals surface area contributed by atoms with Crippen molar-refractivity contribution in [3.8, 4) is 0 Å². The summed E-state index contributed by atoms with van der Waals surface area (Å²) in [4.78, 5) is 0. The third-order valence-electron chi connectivity index (χ3n) is 2.83. The molecule has 2 heteroatoms. The van der Waals surface area contributed by atoms with E-state index in [1.54, 1.807) is 7.11 Å². The first-order chi connectivity index (χ1) is 4.95. The summed E-state index contributed by atoms with van der Waals surface area (Å²) in [6.07, 6.45) is 0. The minimum Gasteiger partial charge on any atom is -0.378 e. The van der Waals surface area contributed by atoms with Crippen molar-refractivity contribution < 1.29 is 4.74 Å². The average Bonchev–Trinajstić information content (AvgIpc) is 2.01. The highest BCUT2D eigenvalue weighted by Crippen LogP contribution is 2.22. The summed E-state index contributed by atoms with van der Waals surface area (Å²) in [7, 11) is 3.74. The Bertz CT molecular complexity index is 112. The van der Waals surface area contributed by atoms with Crippen LogP contribution in [0.3, 0.4) is 0 Å². The lowest BCUT2D eigenvalue weighted by atomic mass is 9.87. The van der Waals surface area contributed by atoms with Gasteiger partial charge in [0.05, 0.1) is 5.60 Å². The van der Waals surface area contributed by atoms with Gasteiger partial charge in [0.15, 0.2) is 0 Å². The molecule has 0 heterocycles. The van der Waals surface area contributed by atoms with Crippen LogP contribution in [-0.4, -0.2) is 25.8 Å². The largest absolute Gasteiger partial charge is 0.378 e. The lowest BCUT2D eigenvalue weighted by molar-refractivity contribution is -0.0313. The van der Waals surface area contributed by atoms with E-state index in [0.717, 1.165) is 0 Å². The van der Waals surface area contributed by atoms with E-state index in [9.17, 15) is 0 Å². The summed E-state index contributed by atoms with van der Waals surface area (Å²) < 4.78 is 5.38. The van der Waals surface area contributed by atoms with Gasteiger partial charge < -0.3 is 10.1 Å². The summed E-state index contributed by atoms with van der Waals surface area (Å²) in [5.41, 5.74) is -0.0393. The molecule has 0 aliphatic heterocycles. The molecule has 0 spiro atoms. The van der Waals surface area contributed by atoms with Crippen LogP contribution < -0.4 is 5.32 Å². The molecule has 0 aliphatic carbocycles. The number of methoxy groups -OCH3 is 1. The molecule has 11 heavy (non-hydrogen) atoms. The highest BCUT2D eigenvalue weighted by Gasteiger charge is 2.28. The maximum absolute atomic E-state index is 5.38. The highest BCUT2D eigenvalue weighted by atomic mass is 16.5. The second-order valence-corrected chi connectivity index (χ2v) is 3.67. The Labute approximate surface area is 70.3 Å². The molecule has 0 bridgehead atoms. The highest BCUT2D eigenvalue weighted by molar-refractivity contribution is 4.82. The average molecular weight is 159 g/mol. The van der Waals surface area contributed by atoms with Crippen molar-refractivity contribution >= 4 is 0 Å². The van der Waals surface area contributed by atoms with Crippen molar-refractivity contribution in [3.05, 3.63) is 0 Å². The number of hydrogen-bond acceptors (Lipinski definition) is 2. The quantitative estimate of drug-likeness (QED) is 0.673. The van der Waals surface area contributed by atoms with Gasteiger partial charge in [-0.3, -0.25) is 0 Å². The number of nitrogens with one attached hydrogen (secondary N) is 1. The topological polar surface area (TPSA) is 21.3 Å². The van der Waals surface area contributed by atoms with E-state index in [1.165, 1.54) is 0 Å². The summed E-state index contributed by atoms with van der Waals surface area (Å²) in [6, 6.07) is 0.491. The van der Waals surface area contributed by atoms with Crippen LogP contribution in [0.25, 0.3) is 0 Å². The second-order valence-electron chi connectivity index (χ2n) is 3.67. The van der Waals surface area contributed by atoms with Gasteiger partial charge in [-0.25, -0.2) is 0 Å². The van der Waals surface area contributed by atoms with Gasteiger partial charge in [-0.1, -0.05) is 6.92 Å². The van der Waals surface area contributed by atoms with E-state index in [0.29, 0.717) is 12.0 Å². The standard InChI is InChI=1S/C9H21NO/c1-7(8(2)10-5)9(3,4)11-6/h7-8,10H,1-6H3. The SMILES string of the molecule is CNC(C)C(C)C(C)(C)OC. The fourth-order valence-electron chi connectivity index (χ4n) is 1.04. The zero-order valence-corrected chi connectivity index (χ0v) is 8.56. The number of hydrogen-bond donors (Lipinski definition) is 1. The Hall–Kier alpha value is -0.0800. The predicted octanol–water partition coefficient (Wildman–Crippen LogP) is 1.66. The molecule has 1 N–H and O–H groups in total. The Balaban J connectivity index is 4.10. The molecule has 0 saturated heterocycles. The van der Waals surface area contributed by atoms with Gasteiger partial charge in [-0.2, -0.15) is 0 Å². The Kier molecular flexibility index (Phi) is 4.04. The van der Waals surface area contributed by atoms with Gasteiger partial charge in [0, 0.05) is 13.2 Å². The van der Waals surface area contributed by atoms with E-state index in [4.69, 9.17) is 4.74 Å². The van der Waals surface area contributed by atoms with Crippen LogP contribution in [-0.2, 0) is 4.74 Å². The van der Waals surface area contributed by atoms with Crippen molar-refractivity contribution in [1.29, 1.82) is 0 Å². The van der Waals surface area contributed by atoms with E-state index in [1.807, 2.05) is 7.05 Å². The van der Waals surface area contributed by atoms with Crippen LogP contribution in [0.2, 0.25) is 0 Å². The Morgan fingerprint density at radius 2 is 1.73 bits per heavy atom. The van der Waals surface area contributed by atoms with E-state index >= 15 is 0 Å². The fraction of sp³-hybridized carbons (Fsp3) is 1.00. The lowest BCUT2D eigenvalue weighted by Gasteiger charge is -2.34. The molecule has 0 fully saturated rings. The van der Waals surface area contributed by atoms with E-state index in [-0.39, 0.29) is 5.60 Å². The van der Waals surface area contributed by atoms with Crippen LogP contribution in [0.1, 0.15) is 27.7 Å². The molecule has 0 aromatic heterocycles. The van der Waals surface area contributed by atoms with Crippen molar-refractivity contribution in [1.82, 2.24) is 5.32 Å². The molecule has 0 saturated carbocycles. The van der Waals surface area contributed by atoms with Crippen LogP contribution in [0.15, 0.2) is 0 Å². The summed E-state index contributed by atoms with van der Waals surface area (Å²) in [6.45, 7) is 8.60. The molecule has 2 nitrogen and oxygen atoms in total. The van der Waals surface area contributed by atoms with Gasteiger partial charge in [-0.15, -0.1) is 0 Å². The first kappa shape index (κ1) is 10.9. The molecule has 2 atom stereocenters. The third kappa shape index (κ3) is 2.80. The van der Waals surface area contributed by atoms with Gasteiger partial charge in [0.2, 0.25) is 0 Å². The molecule has 2 unspecified atom stereocenters. The van der Waals surface area contributed by atoms with Crippen molar-refractivity contribution in [3.63, 3.8) is 0 Å². The Morgan fingerprint density at radius 3 is 2.00 bits per heavy atom. The molecule has 0 rings (SSSR count). The molecule has 0 aromatic rings. The van der Waals surface area contributed by atoms with Crippen molar-refractivity contribution in [2.24, 2.45) is 5.92 Å². The molecule has 68 valence electrons. The third-order valence-corrected chi connectivity index (χ3v) is 2.83. The van der Waals surface area contributed by atoms with Crippen LogP contribution in [0.5, 0.6) is 0 Å². The van der Waals surface area contributed by atoms with E-state index < -0.39 is 0 Å². The molecule has 0 radical (unpaired) electrons. The lowest BCUT2D eigenvalue weighted by Crippen LogP contribution is -2.43. The maximum Gasteiger partial charge on any atom is 0.0662 e. The summed E-state index contributed by atoms with van der Waals surface area (Å²) in [5, 5.41) is 3.23. The van der Waals surface area contributed by atoms with Crippen LogP contribution in [0.4, 0.5) is 0 Å². The number of rotatable bonds is 4. The minimum absolute atomic E-state index is 0.0393. The van der Waals surface area contributed by atoms with Crippen molar-refractivity contribution in [2.75, 3.05) is 14.2 Å². The van der Waals surface area contributed by atoms with Gasteiger partial charge in [-0.05, 0) is 33.7 Å². The normalized spacial score (nSPS) is 18.0. The molecular formula is C9H21NO. The molecule has 0 aromatic carbocycles. The van der Waals surface area contributed by atoms with Gasteiger partial charge in [0.1, 0.15) is 0 Å². The first-order valence-corrected chi connectivity index (χ1v) is 4.18. The smallest absolute Gasteiger partial charge is 0.0662 e. The predicted molar refractivity (Wildman–Crippen MR) is 48.8 cm³/mol.